The number of benzene rings is 2. The number of hydrogen-bond acceptors (Lipinski definition) is 5. The van der Waals surface area contributed by atoms with Crippen LogP contribution >= 0.6 is 11.6 Å². The summed E-state index contributed by atoms with van der Waals surface area (Å²) in [6.45, 7) is 0.915. The first-order chi connectivity index (χ1) is 12.4. The Morgan fingerprint density at radius 3 is 2.27 bits per heavy atom. The fraction of sp³-hybridized carbons (Fsp3) is 0.278. The van der Waals surface area contributed by atoms with E-state index in [0.29, 0.717) is 24.6 Å². The lowest BCUT2D eigenvalue weighted by Crippen LogP contribution is -2.28. The van der Waals surface area contributed by atoms with Gasteiger partial charge in [-0.25, -0.2) is 13.2 Å². The lowest BCUT2D eigenvalue weighted by Gasteiger charge is -2.17. The third-order valence-electron chi connectivity index (χ3n) is 4.12. The average Bonchev–Trinajstić information content (AvgIpc) is 3.18. The fourth-order valence-corrected chi connectivity index (χ4v) is 4.72. The second-order valence-electron chi connectivity index (χ2n) is 5.82. The minimum Gasteiger partial charge on any atom is -0.497 e. The molecule has 0 bridgehead atoms. The molecule has 138 valence electrons. The Balaban J connectivity index is 1.85. The van der Waals surface area contributed by atoms with E-state index in [0.717, 1.165) is 12.8 Å². The lowest BCUT2D eigenvalue weighted by molar-refractivity contribution is 0.0734. The maximum atomic E-state index is 12.7. The van der Waals surface area contributed by atoms with Crippen molar-refractivity contribution in [3.63, 3.8) is 0 Å². The predicted molar refractivity (Wildman–Crippen MR) is 97.4 cm³/mol. The first-order valence-electron chi connectivity index (χ1n) is 8.08. The van der Waals surface area contributed by atoms with Gasteiger partial charge in [0, 0.05) is 13.1 Å². The van der Waals surface area contributed by atoms with Crippen molar-refractivity contribution < 1.29 is 22.7 Å². The first kappa shape index (κ1) is 18.7. The highest BCUT2D eigenvalue weighted by atomic mass is 35.5. The van der Waals surface area contributed by atoms with Crippen molar-refractivity contribution >= 4 is 27.6 Å². The van der Waals surface area contributed by atoms with Gasteiger partial charge in [-0.15, -0.1) is 0 Å². The van der Waals surface area contributed by atoms with Crippen LogP contribution in [0.5, 0.6) is 11.5 Å². The molecule has 1 saturated heterocycles. The molecule has 0 aliphatic carbocycles. The summed E-state index contributed by atoms with van der Waals surface area (Å²) in [7, 11) is -2.19. The van der Waals surface area contributed by atoms with E-state index >= 15 is 0 Å². The van der Waals surface area contributed by atoms with Crippen molar-refractivity contribution in [2.24, 2.45) is 0 Å². The van der Waals surface area contributed by atoms with Crippen molar-refractivity contribution in [1.29, 1.82) is 0 Å². The highest BCUT2D eigenvalue weighted by Gasteiger charge is 2.30. The number of nitrogens with zero attached hydrogens (tertiary/aromatic N) is 1. The molecule has 2 aromatic carbocycles. The van der Waals surface area contributed by atoms with Crippen LogP contribution in [0.2, 0.25) is 5.02 Å². The van der Waals surface area contributed by atoms with Crippen LogP contribution in [0, 0.1) is 0 Å². The predicted octanol–water partition coefficient (Wildman–Crippen LogP) is 3.35. The van der Waals surface area contributed by atoms with Crippen LogP contribution < -0.4 is 9.47 Å². The topological polar surface area (TPSA) is 72.9 Å². The average molecular weight is 396 g/mol. The molecule has 0 N–H and O–H groups in total. The second-order valence-corrected chi connectivity index (χ2v) is 8.13. The number of carbonyl (C=O) groups excluding carboxylic acids is 1. The molecule has 1 fully saturated rings. The van der Waals surface area contributed by atoms with E-state index in [2.05, 4.69) is 0 Å². The van der Waals surface area contributed by atoms with Gasteiger partial charge in [0.15, 0.2) is 0 Å². The van der Waals surface area contributed by atoms with Gasteiger partial charge in [-0.3, -0.25) is 0 Å². The molecule has 0 amide bonds. The molecule has 6 nitrogen and oxygen atoms in total. The van der Waals surface area contributed by atoms with Crippen LogP contribution in [0.3, 0.4) is 0 Å². The Bertz CT molecular complexity index is 906. The van der Waals surface area contributed by atoms with E-state index in [4.69, 9.17) is 21.1 Å². The van der Waals surface area contributed by atoms with Gasteiger partial charge in [-0.05, 0) is 55.3 Å². The van der Waals surface area contributed by atoms with Crippen molar-refractivity contribution in [2.45, 2.75) is 17.7 Å². The van der Waals surface area contributed by atoms with Crippen molar-refractivity contribution in [1.82, 2.24) is 4.31 Å². The normalized spacial score (nSPS) is 15.0. The van der Waals surface area contributed by atoms with E-state index in [-0.39, 0.29) is 15.5 Å². The fourth-order valence-electron chi connectivity index (χ4n) is 2.71. The number of esters is 1. The van der Waals surface area contributed by atoms with Gasteiger partial charge in [0.25, 0.3) is 0 Å². The summed E-state index contributed by atoms with van der Waals surface area (Å²) in [5.74, 6) is 0.301. The minimum atomic E-state index is -3.73. The molecular formula is C18H18ClNO5S. The molecule has 1 heterocycles. The number of halogens is 1. The number of methoxy groups -OCH3 is 1. The molecule has 0 atom stereocenters. The molecule has 0 saturated carbocycles. The monoisotopic (exact) mass is 395 g/mol. The maximum absolute atomic E-state index is 12.7. The second kappa shape index (κ2) is 7.65. The molecule has 0 spiro atoms. The van der Waals surface area contributed by atoms with E-state index in [1.54, 1.807) is 24.3 Å². The molecule has 0 radical (unpaired) electrons. The lowest BCUT2D eigenvalue weighted by atomic mass is 10.2. The zero-order chi connectivity index (χ0) is 18.7. The van der Waals surface area contributed by atoms with Gasteiger partial charge < -0.3 is 9.47 Å². The Morgan fingerprint density at radius 2 is 1.65 bits per heavy atom. The quantitative estimate of drug-likeness (QED) is 0.573. The molecule has 1 aliphatic heterocycles. The summed E-state index contributed by atoms with van der Waals surface area (Å²) in [6, 6.07) is 10.6. The summed E-state index contributed by atoms with van der Waals surface area (Å²) in [4.78, 5) is 12.3. The van der Waals surface area contributed by atoms with Crippen LogP contribution in [-0.2, 0) is 10.0 Å². The molecule has 0 aromatic heterocycles. The number of sulfonamides is 1. The highest BCUT2D eigenvalue weighted by molar-refractivity contribution is 7.89. The van der Waals surface area contributed by atoms with Crippen LogP contribution in [-0.4, -0.2) is 38.9 Å². The molecule has 2 aromatic rings. The zero-order valence-electron chi connectivity index (χ0n) is 14.1. The molecule has 3 rings (SSSR count). The Kier molecular flexibility index (Phi) is 5.50. The smallest absolute Gasteiger partial charge is 0.343 e. The summed E-state index contributed by atoms with van der Waals surface area (Å²) < 4.78 is 37.2. The van der Waals surface area contributed by atoms with Gasteiger partial charge in [-0.1, -0.05) is 11.6 Å². The largest absolute Gasteiger partial charge is 0.497 e. The number of ether oxygens (including phenoxy) is 2. The Morgan fingerprint density at radius 1 is 1.04 bits per heavy atom. The van der Waals surface area contributed by atoms with Gasteiger partial charge in [0.05, 0.1) is 17.7 Å². The summed E-state index contributed by atoms with van der Waals surface area (Å²) >= 11 is 6.09. The van der Waals surface area contributed by atoms with E-state index in [9.17, 15) is 13.2 Å². The molecule has 26 heavy (non-hydrogen) atoms. The third kappa shape index (κ3) is 3.85. The number of rotatable bonds is 5. The maximum Gasteiger partial charge on any atom is 0.343 e. The van der Waals surface area contributed by atoms with Crippen molar-refractivity contribution in [2.75, 3.05) is 20.2 Å². The van der Waals surface area contributed by atoms with E-state index < -0.39 is 16.0 Å². The zero-order valence-corrected chi connectivity index (χ0v) is 15.7. The highest BCUT2D eigenvalue weighted by Crippen LogP contribution is 2.28. The van der Waals surface area contributed by atoms with Gasteiger partial charge in [-0.2, -0.15) is 4.31 Å². The summed E-state index contributed by atoms with van der Waals surface area (Å²) in [5, 5.41) is 0.0814. The van der Waals surface area contributed by atoms with Gasteiger partial charge in [0.1, 0.15) is 16.4 Å². The number of carbonyl (C=O) groups is 1. The van der Waals surface area contributed by atoms with Crippen LogP contribution in [0.4, 0.5) is 0 Å². The van der Waals surface area contributed by atoms with Gasteiger partial charge in [0.2, 0.25) is 10.0 Å². The first-order valence-corrected chi connectivity index (χ1v) is 9.89. The standard InChI is InChI=1S/C18H18ClNO5S/c1-24-14-5-7-15(8-6-14)25-18(21)13-4-9-16(19)17(12-13)26(22,23)20-10-2-3-11-20/h4-9,12H,2-3,10-11H2,1H3. The van der Waals surface area contributed by atoms with Crippen molar-refractivity contribution in [3.05, 3.63) is 53.1 Å². The number of hydrogen-bond donors (Lipinski definition) is 0. The summed E-state index contributed by atoms with van der Waals surface area (Å²) in [6.07, 6.45) is 1.63. The molecular weight excluding hydrogens is 378 g/mol. The van der Waals surface area contributed by atoms with E-state index in [1.165, 1.54) is 29.6 Å². The summed E-state index contributed by atoms with van der Waals surface area (Å²) in [5.41, 5.74) is 0.114. The van der Waals surface area contributed by atoms with E-state index in [1.807, 2.05) is 0 Å². The third-order valence-corrected chi connectivity index (χ3v) is 6.50. The Hall–Kier alpha value is -2.09. The van der Waals surface area contributed by atoms with Gasteiger partial charge >= 0.3 is 5.97 Å². The van der Waals surface area contributed by atoms with Crippen LogP contribution in [0.15, 0.2) is 47.4 Å². The van der Waals surface area contributed by atoms with Crippen molar-refractivity contribution in [3.8, 4) is 11.5 Å². The molecule has 0 unspecified atom stereocenters. The van der Waals surface area contributed by atoms with Crippen LogP contribution in [0.25, 0.3) is 0 Å². The SMILES string of the molecule is COc1ccc(OC(=O)c2ccc(Cl)c(S(=O)(=O)N3CCCC3)c2)cc1. The Labute approximate surface area is 157 Å². The minimum absolute atomic E-state index is 0.0785. The molecule has 1 aliphatic rings. The van der Waals surface area contributed by atoms with Crippen LogP contribution in [0.1, 0.15) is 23.2 Å². The molecule has 8 heteroatoms.